The first kappa shape index (κ1) is 36.7. The number of hydrogen-bond donors (Lipinski definition) is 0. The SMILES string of the molecule is CCCCc1ccc(N(c2ccc(C)cc2)c2cc(C)c(-c3cc(C)c(N(c4ccc(C)cc4)c4ccc(CCCC)cc4)cc3C)cc2C)cc1. The van der Waals surface area contributed by atoms with Crippen LogP contribution in [0.4, 0.5) is 34.1 Å². The van der Waals surface area contributed by atoms with Gasteiger partial charge in [-0.05, 0) is 185 Å². The van der Waals surface area contributed by atoms with Crippen LogP contribution in [-0.4, -0.2) is 0 Å². The lowest BCUT2D eigenvalue weighted by Crippen LogP contribution is -2.13. The van der Waals surface area contributed by atoms with Crippen molar-refractivity contribution in [2.24, 2.45) is 0 Å². The summed E-state index contributed by atoms with van der Waals surface area (Å²) in [6.45, 7) is 17.9. The molecule has 0 bridgehead atoms. The Bertz CT molecular complexity index is 1930. The normalized spacial score (nSPS) is 11.2. The van der Waals surface area contributed by atoms with Gasteiger partial charge in [0.15, 0.2) is 0 Å². The van der Waals surface area contributed by atoms with Crippen molar-refractivity contribution in [3.8, 4) is 11.1 Å². The molecule has 0 aliphatic carbocycles. The fourth-order valence-electron chi connectivity index (χ4n) is 7.29. The van der Waals surface area contributed by atoms with E-state index in [1.807, 2.05) is 0 Å². The van der Waals surface area contributed by atoms with Gasteiger partial charge in [0.1, 0.15) is 0 Å². The summed E-state index contributed by atoms with van der Waals surface area (Å²) in [4.78, 5) is 4.84. The van der Waals surface area contributed by atoms with Gasteiger partial charge in [-0.1, -0.05) is 86.3 Å². The first-order chi connectivity index (χ1) is 25.2. The van der Waals surface area contributed by atoms with Gasteiger partial charge in [0.25, 0.3) is 0 Å². The van der Waals surface area contributed by atoms with Gasteiger partial charge in [0.2, 0.25) is 0 Å². The van der Waals surface area contributed by atoms with Crippen LogP contribution in [0.3, 0.4) is 0 Å². The molecule has 2 heteroatoms. The van der Waals surface area contributed by atoms with Gasteiger partial charge in [0, 0.05) is 34.1 Å². The molecule has 266 valence electrons. The average molecular weight is 685 g/mol. The van der Waals surface area contributed by atoms with E-state index in [4.69, 9.17) is 0 Å². The predicted octanol–water partition coefficient (Wildman–Crippen LogP) is 14.8. The zero-order chi connectivity index (χ0) is 36.8. The third-order valence-electron chi connectivity index (χ3n) is 10.5. The standard InChI is InChI=1S/C50H56N2/c1-9-11-13-41-19-27-45(28-20-41)51(43-23-15-35(3)16-24-43)49-33-37(5)47(31-39(49)7)48-32-40(8)50(34-38(48)6)52(44-25-17-36(4)18-26-44)46-29-21-42(22-30-46)14-12-10-2/h15-34H,9-14H2,1-8H3. The number of benzene rings is 6. The van der Waals surface area contributed by atoms with E-state index < -0.39 is 0 Å². The summed E-state index contributed by atoms with van der Waals surface area (Å²) in [6.07, 6.45) is 7.11. The molecular weight excluding hydrogens is 629 g/mol. The zero-order valence-electron chi connectivity index (χ0n) is 32.7. The van der Waals surface area contributed by atoms with Crippen molar-refractivity contribution in [2.75, 3.05) is 9.80 Å². The van der Waals surface area contributed by atoms with Crippen LogP contribution in [0.15, 0.2) is 121 Å². The van der Waals surface area contributed by atoms with E-state index in [2.05, 4.69) is 187 Å². The van der Waals surface area contributed by atoms with E-state index in [1.165, 1.54) is 115 Å². The third-order valence-corrected chi connectivity index (χ3v) is 10.5. The molecule has 6 aromatic carbocycles. The number of anilines is 6. The van der Waals surface area contributed by atoms with Crippen molar-refractivity contribution >= 4 is 34.1 Å². The molecule has 0 spiro atoms. The molecule has 6 aromatic rings. The molecule has 0 amide bonds. The van der Waals surface area contributed by atoms with Crippen LogP contribution < -0.4 is 9.80 Å². The van der Waals surface area contributed by atoms with E-state index in [0.717, 1.165) is 12.8 Å². The van der Waals surface area contributed by atoms with E-state index >= 15 is 0 Å². The van der Waals surface area contributed by atoms with Crippen LogP contribution in [0.1, 0.15) is 84.0 Å². The van der Waals surface area contributed by atoms with Gasteiger partial charge < -0.3 is 9.80 Å². The molecule has 0 atom stereocenters. The van der Waals surface area contributed by atoms with Crippen LogP contribution in [0, 0.1) is 41.5 Å². The fourth-order valence-corrected chi connectivity index (χ4v) is 7.29. The smallest absolute Gasteiger partial charge is 0.0493 e. The number of hydrogen-bond acceptors (Lipinski definition) is 2. The molecule has 0 saturated heterocycles. The molecule has 0 radical (unpaired) electrons. The van der Waals surface area contributed by atoms with E-state index in [9.17, 15) is 0 Å². The molecule has 0 aromatic heterocycles. The Morgan fingerprint density at radius 2 is 0.673 bits per heavy atom. The van der Waals surface area contributed by atoms with Gasteiger partial charge in [-0.25, -0.2) is 0 Å². The third kappa shape index (κ3) is 8.18. The molecule has 2 nitrogen and oxygen atoms in total. The molecule has 0 aliphatic heterocycles. The molecule has 0 N–H and O–H groups in total. The number of unbranched alkanes of at least 4 members (excludes halogenated alkanes) is 2. The highest BCUT2D eigenvalue weighted by atomic mass is 15.1. The second-order valence-corrected chi connectivity index (χ2v) is 14.8. The van der Waals surface area contributed by atoms with Gasteiger partial charge in [0.05, 0.1) is 0 Å². The molecule has 52 heavy (non-hydrogen) atoms. The summed E-state index contributed by atoms with van der Waals surface area (Å²) in [7, 11) is 0. The lowest BCUT2D eigenvalue weighted by atomic mass is 9.91. The second-order valence-electron chi connectivity index (χ2n) is 14.8. The number of rotatable bonds is 13. The summed E-state index contributed by atoms with van der Waals surface area (Å²) in [5, 5.41) is 0. The minimum Gasteiger partial charge on any atom is -0.310 e. The maximum absolute atomic E-state index is 2.42. The molecule has 6 rings (SSSR count). The first-order valence-electron chi connectivity index (χ1n) is 19.3. The largest absolute Gasteiger partial charge is 0.310 e. The highest BCUT2D eigenvalue weighted by Crippen LogP contribution is 2.43. The van der Waals surface area contributed by atoms with Crippen molar-refractivity contribution in [1.82, 2.24) is 0 Å². The molecule has 0 unspecified atom stereocenters. The maximum atomic E-state index is 2.42. The predicted molar refractivity (Wildman–Crippen MR) is 227 cm³/mol. The van der Waals surface area contributed by atoms with Crippen LogP contribution >= 0.6 is 0 Å². The van der Waals surface area contributed by atoms with Gasteiger partial charge in [-0.2, -0.15) is 0 Å². The number of aryl methyl sites for hydroxylation is 8. The van der Waals surface area contributed by atoms with Gasteiger partial charge in [-0.3, -0.25) is 0 Å². The Morgan fingerprint density at radius 3 is 0.981 bits per heavy atom. The van der Waals surface area contributed by atoms with Crippen molar-refractivity contribution in [1.29, 1.82) is 0 Å². The second kappa shape index (κ2) is 16.5. The quantitative estimate of drug-likeness (QED) is 0.119. The summed E-state index contributed by atoms with van der Waals surface area (Å²) in [6, 6.07) is 45.8. The molecular formula is C50H56N2. The van der Waals surface area contributed by atoms with Crippen LogP contribution in [0.25, 0.3) is 11.1 Å². The van der Waals surface area contributed by atoms with Crippen LogP contribution in [0.2, 0.25) is 0 Å². The minimum absolute atomic E-state index is 1.12. The topological polar surface area (TPSA) is 6.48 Å². The monoisotopic (exact) mass is 684 g/mol. The Balaban J connectivity index is 1.40. The van der Waals surface area contributed by atoms with Crippen molar-refractivity contribution in [3.05, 3.63) is 166 Å². The van der Waals surface area contributed by atoms with Gasteiger partial charge in [-0.15, -0.1) is 0 Å². The van der Waals surface area contributed by atoms with E-state index in [1.54, 1.807) is 0 Å². The molecule has 0 fully saturated rings. The average Bonchev–Trinajstić information content (AvgIpc) is 3.15. The Hall–Kier alpha value is -5.08. The van der Waals surface area contributed by atoms with Crippen molar-refractivity contribution in [3.63, 3.8) is 0 Å². The highest BCUT2D eigenvalue weighted by molar-refractivity contribution is 5.85. The Labute approximate surface area is 313 Å². The molecule has 0 saturated carbocycles. The zero-order valence-corrected chi connectivity index (χ0v) is 32.7. The summed E-state index contributed by atoms with van der Waals surface area (Å²) in [5.41, 5.74) is 20.1. The molecule has 0 heterocycles. The highest BCUT2D eigenvalue weighted by Gasteiger charge is 2.20. The van der Waals surface area contributed by atoms with Gasteiger partial charge >= 0.3 is 0 Å². The van der Waals surface area contributed by atoms with Crippen molar-refractivity contribution in [2.45, 2.75) is 93.9 Å². The summed E-state index contributed by atoms with van der Waals surface area (Å²) in [5.74, 6) is 0. The Morgan fingerprint density at radius 1 is 0.365 bits per heavy atom. The lowest BCUT2D eigenvalue weighted by Gasteiger charge is -2.30. The lowest BCUT2D eigenvalue weighted by molar-refractivity contribution is 0.795. The maximum Gasteiger partial charge on any atom is 0.0493 e. The van der Waals surface area contributed by atoms with E-state index in [-0.39, 0.29) is 0 Å². The summed E-state index contributed by atoms with van der Waals surface area (Å²) < 4.78 is 0. The summed E-state index contributed by atoms with van der Waals surface area (Å²) >= 11 is 0. The minimum atomic E-state index is 1.12. The number of nitrogens with zero attached hydrogens (tertiary/aromatic N) is 2. The Kier molecular flexibility index (Phi) is 11.7. The van der Waals surface area contributed by atoms with Crippen LogP contribution in [0.5, 0.6) is 0 Å². The van der Waals surface area contributed by atoms with Crippen LogP contribution in [-0.2, 0) is 12.8 Å². The first-order valence-corrected chi connectivity index (χ1v) is 19.3. The van der Waals surface area contributed by atoms with E-state index in [0.29, 0.717) is 0 Å². The molecule has 0 aliphatic rings. The van der Waals surface area contributed by atoms with Crippen molar-refractivity contribution < 1.29 is 0 Å². The fraction of sp³-hybridized carbons (Fsp3) is 0.280.